The molecule has 0 saturated carbocycles. The van der Waals surface area contributed by atoms with Crippen LogP contribution < -0.4 is 5.32 Å². The molecular formula is C15H23N3O2. The Morgan fingerprint density at radius 2 is 2.25 bits per heavy atom. The van der Waals surface area contributed by atoms with Crippen molar-refractivity contribution in [3.63, 3.8) is 0 Å². The summed E-state index contributed by atoms with van der Waals surface area (Å²) in [6, 6.07) is 5.46. The van der Waals surface area contributed by atoms with Crippen molar-refractivity contribution in [1.29, 1.82) is 0 Å². The molecule has 0 aliphatic carbocycles. The first-order chi connectivity index (χ1) is 9.51. The predicted octanol–water partition coefficient (Wildman–Crippen LogP) is 3.11. The van der Waals surface area contributed by atoms with Crippen LogP contribution in [0.1, 0.15) is 25.8 Å². The van der Waals surface area contributed by atoms with Crippen molar-refractivity contribution in [1.82, 2.24) is 4.90 Å². The third kappa shape index (κ3) is 3.28. The highest BCUT2D eigenvalue weighted by Gasteiger charge is 2.25. The Bertz CT molecular complexity index is 488. The van der Waals surface area contributed by atoms with Gasteiger partial charge in [-0.15, -0.1) is 0 Å². The van der Waals surface area contributed by atoms with Crippen molar-refractivity contribution >= 4 is 11.4 Å². The zero-order valence-corrected chi connectivity index (χ0v) is 12.4. The molecule has 1 aliphatic heterocycles. The number of nitrogens with zero attached hydrogens (tertiary/aromatic N) is 2. The molecule has 0 bridgehead atoms. The van der Waals surface area contributed by atoms with Crippen LogP contribution >= 0.6 is 0 Å². The number of nitro benzene ring substituents is 1. The fraction of sp³-hybridized carbons (Fsp3) is 0.600. The normalized spacial score (nSPS) is 19.5. The van der Waals surface area contributed by atoms with Crippen LogP contribution in [0, 0.1) is 22.0 Å². The Hall–Kier alpha value is -1.62. The molecule has 110 valence electrons. The van der Waals surface area contributed by atoms with E-state index in [0.29, 0.717) is 11.6 Å². The molecule has 1 heterocycles. The third-order valence-electron chi connectivity index (χ3n) is 4.19. The van der Waals surface area contributed by atoms with Gasteiger partial charge in [0.05, 0.1) is 4.92 Å². The zero-order valence-electron chi connectivity index (χ0n) is 12.4. The molecule has 1 N–H and O–H groups in total. The molecule has 1 aromatic carbocycles. The van der Waals surface area contributed by atoms with E-state index in [2.05, 4.69) is 24.1 Å². The molecule has 1 fully saturated rings. The molecule has 20 heavy (non-hydrogen) atoms. The van der Waals surface area contributed by atoms with Crippen LogP contribution in [0.5, 0.6) is 0 Å². The third-order valence-corrected chi connectivity index (χ3v) is 4.19. The van der Waals surface area contributed by atoms with Gasteiger partial charge in [-0.25, -0.2) is 0 Å². The van der Waals surface area contributed by atoms with Gasteiger partial charge in [-0.3, -0.25) is 15.0 Å². The average Bonchev–Trinajstić information content (AvgIpc) is 2.87. The summed E-state index contributed by atoms with van der Waals surface area (Å²) in [6.07, 6.45) is 1.23. The van der Waals surface area contributed by atoms with Gasteiger partial charge in [-0.05, 0) is 36.4 Å². The van der Waals surface area contributed by atoms with Gasteiger partial charge in [0.1, 0.15) is 5.69 Å². The van der Waals surface area contributed by atoms with Gasteiger partial charge in [-0.2, -0.15) is 0 Å². The van der Waals surface area contributed by atoms with E-state index in [1.54, 1.807) is 19.2 Å². The van der Waals surface area contributed by atoms with Crippen molar-refractivity contribution in [2.24, 2.45) is 11.8 Å². The maximum atomic E-state index is 11.1. The SMILES string of the molecule is CNc1ccc(CN2CCC(C(C)C)C2)cc1[N+](=O)[O-]. The summed E-state index contributed by atoms with van der Waals surface area (Å²) >= 11 is 0. The molecule has 1 unspecified atom stereocenters. The summed E-state index contributed by atoms with van der Waals surface area (Å²) in [5.41, 5.74) is 1.74. The average molecular weight is 277 g/mol. The fourth-order valence-electron chi connectivity index (χ4n) is 2.85. The van der Waals surface area contributed by atoms with E-state index in [9.17, 15) is 10.1 Å². The summed E-state index contributed by atoms with van der Waals surface area (Å²) < 4.78 is 0. The van der Waals surface area contributed by atoms with Crippen LogP contribution in [0.4, 0.5) is 11.4 Å². The van der Waals surface area contributed by atoms with Gasteiger partial charge in [0.15, 0.2) is 0 Å². The smallest absolute Gasteiger partial charge is 0.292 e. The maximum Gasteiger partial charge on any atom is 0.292 e. The highest BCUT2D eigenvalue weighted by atomic mass is 16.6. The highest BCUT2D eigenvalue weighted by Crippen LogP contribution is 2.28. The molecule has 1 aliphatic rings. The molecule has 1 atom stereocenters. The van der Waals surface area contributed by atoms with E-state index in [-0.39, 0.29) is 10.6 Å². The number of rotatable bonds is 5. The molecule has 0 radical (unpaired) electrons. The lowest BCUT2D eigenvalue weighted by atomic mass is 9.95. The zero-order chi connectivity index (χ0) is 14.7. The number of benzene rings is 1. The van der Waals surface area contributed by atoms with Crippen LogP contribution in [0.2, 0.25) is 0 Å². The molecule has 1 saturated heterocycles. The Morgan fingerprint density at radius 3 is 2.80 bits per heavy atom. The van der Waals surface area contributed by atoms with Crippen LogP contribution in [0.15, 0.2) is 18.2 Å². The molecule has 0 spiro atoms. The van der Waals surface area contributed by atoms with Crippen molar-refractivity contribution in [2.75, 3.05) is 25.5 Å². The first-order valence-electron chi connectivity index (χ1n) is 7.18. The highest BCUT2D eigenvalue weighted by molar-refractivity contribution is 5.62. The molecule has 1 aromatic rings. The lowest BCUT2D eigenvalue weighted by Crippen LogP contribution is -2.21. The second kappa shape index (κ2) is 6.22. The minimum Gasteiger partial charge on any atom is -0.383 e. The first kappa shape index (κ1) is 14.8. The van der Waals surface area contributed by atoms with Crippen LogP contribution in [0.3, 0.4) is 0 Å². The summed E-state index contributed by atoms with van der Waals surface area (Å²) in [6.45, 7) is 7.51. The number of hydrogen-bond acceptors (Lipinski definition) is 4. The molecular weight excluding hydrogens is 254 g/mol. The Labute approximate surface area is 120 Å². The minimum absolute atomic E-state index is 0.157. The molecule has 5 nitrogen and oxygen atoms in total. The predicted molar refractivity (Wildman–Crippen MR) is 80.9 cm³/mol. The van der Waals surface area contributed by atoms with E-state index >= 15 is 0 Å². The van der Waals surface area contributed by atoms with Gasteiger partial charge < -0.3 is 5.32 Å². The maximum absolute atomic E-state index is 11.1. The van der Waals surface area contributed by atoms with Crippen LogP contribution in [-0.4, -0.2) is 30.0 Å². The molecule has 0 amide bonds. The van der Waals surface area contributed by atoms with Gasteiger partial charge in [-0.1, -0.05) is 19.9 Å². The molecule has 2 rings (SSSR count). The number of hydrogen-bond donors (Lipinski definition) is 1. The first-order valence-corrected chi connectivity index (χ1v) is 7.18. The van der Waals surface area contributed by atoms with E-state index in [4.69, 9.17) is 0 Å². The minimum atomic E-state index is -0.323. The van der Waals surface area contributed by atoms with Gasteiger partial charge in [0.25, 0.3) is 5.69 Å². The second-order valence-corrected chi connectivity index (χ2v) is 5.89. The van der Waals surface area contributed by atoms with Crippen LogP contribution in [0.25, 0.3) is 0 Å². The van der Waals surface area contributed by atoms with Crippen LogP contribution in [-0.2, 0) is 6.54 Å². The summed E-state index contributed by atoms with van der Waals surface area (Å²) in [4.78, 5) is 13.1. The van der Waals surface area contributed by atoms with Crippen molar-refractivity contribution < 1.29 is 4.92 Å². The lowest BCUT2D eigenvalue weighted by molar-refractivity contribution is -0.384. The fourth-order valence-corrected chi connectivity index (χ4v) is 2.85. The van der Waals surface area contributed by atoms with Gasteiger partial charge in [0, 0.05) is 26.2 Å². The standard InChI is InChI=1S/C15H23N3O2/c1-11(2)13-6-7-17(10-13)9-12-4-5-14(16-3)15(8-12)18(19)20/h4-5,8,11,13,16H,6-7,9-10H2,1-3H3. The summed E-state index contributed by atoms with van der Waals surface area (Å²) in [5.74, 6) is 1.46. The summed E-state index contributed by atoms with van der Waals surface area (Å²) in [7, 11) is 1.70. The number of anilines is 1. The number of nitro groups is 1. The van der Waals surface area contributed by atoms with E-state index in [1.165, 1.54) is 6.42 Å². The molecule has 0 aromatic heterocycles. The Morgan fingerprint density at radius 1 is 1.50 bits per heavy atom. The number of nitrogens with one attached hydrogen (secondary N) is 1. The van der Waals surface area contributed by atoms with E-state index in [0.717, 1.165) is 31.1 Å². The van der Waals surface area contributed by atoms with Crippen molar-refractivity contribution in [3.05, 3.63) is 33.9 Å². The van der Waals surface area contributed by atoms with Gasteiger partial charge in [0.2, 0.25) is 0 Å². The summed E-state index contributed by atoms with van der Waals surface area (Å²) in [5, 5.41) is 13.9. The van der Waals surface area contributed by atoms with Crippen molar-refractivity contribution in [3.8, 4) is 0 Å². The monoisotopic (exact) mass is 277 g/mol. The van der Waals surface area contributed by atoms with E-state index in [1.807, 2.05) is 6.07 Å². The quantitative estimate of drug-likeness (QED) is 0.663. The Balaban J connectivity index is 2.07. The van der Waals surface area contributed by atoms with E-state index < -0.39 is 0 Å². The topological polar surface area (TPSA) is 58.4 Å². The second-order valence-electron chi connectivity index (χ2n) is 5.89. The largest absolute Gasteiger partial charge is 0.383 e. The lowest BCUT2D eigenvalue weighted by Gasteiger charge is -2.18. The number of likely N-dealkylation sites (tertiary alicyclic amines) is 1. The molecule has 5 heteroatoms. The van der Waals surface area contributed by atoms with Gasteiger partial charge >= 0.3 is 0 Å². The Kier molecular flexibility index (Phi) is 4.60. The van der Waals surface area contributed by atoms with Crippen molar-refractivity contribution in [2.45, 2.75) is 26.8 Å².